The van der Waals surface area contributed by atoms with E-state index in [9.17, 15) is 13.6 Å². The quantitative estimate of drug-likeness (QED) is 0.926. The van der Waals surface area contributed by atoms with Gasteiger partial charge in [0.05, 0.1) is 6.54 Å². The lowest BCUT2D eigenvalue weighted by molar-refractivity contribution is -0.103. The first-order valence-corrected chi connectivity index (χ1v) is 6.56. The summed E-state index contributed by atoms with van der Waals surface area (Å²) in [6.45, 7) is -0.352. The Morgan fingerprint density at radius 1 is 1.40 bits per heavy atom. The lowest BCUT2D eigenvalue weighted by atomic mass is 9.93. The Labute approximate surface area is 116 Å². The van der Waals surface area contributed by atoms with Crippen molar-refractivity contribution in [2.45, 2.75) is 19.0 Å². The maximum Gasteiger partial charge on any atom is 0.410 e. The third-order valence-electron chi connectivity index (χ3n) is 3.49. The van der Waals surface area contributed by atoms with Crippen molar-refractivity contribution >= 4 is 6.09 Å². The molecular formula is C14H18F2N2O2. The SMILES string of the molecule is NCC1CCN(C(=O)OCc2ccccc2)CC1(F)F. The van der Waals surface area contributed by atoms with Crippen molar-refractivity contribution in [3.63, 3.8) is 0 Å². The van der Waals surface area contributed by atoms with E-state index >= 15 is 0 Å². The second kappa shape index (κ2) is 6.17. The van der Waals surface area contributed by atoms with Gasteiger partial charge < -0.3 is 15.4 Å². The van der Waals surface area contributed by atoms with Crippen molar-refractivity contribution in [3.8, 4) is 0 Å². The Balaban J connectivity index is 1.87. The second-order valence-corrected chi connectivity index (χ2v) is 4.94. The van der Waals surface area contributed by atoms with E-state index in [1.165, 1.54) is 0 Å². The van der Waals surface area contributed by atoms with E-state index in [1.54, 1.807) is 0 Å². The van der Waals surface area contributed by atoms with E-state index in [2.05, 4.69) is 0 Å². The van der Waals surface area contributed by atoms with Crippen LogP contribution in [0, 0.1) is 5.92 Å². The molecule has 1 aromatic carbocycles. The molecule has 1 fully saturated rings. The van der Waals surface area contributed by atoms with Crippen LogP contribution in [0.2, 0.25) is 0 Å². The molecular weight excluding hydrogens is 266 g/mol. The molecule has 1 aliphatic rings. The summed E-state index contributed by atoms with van der Waals surface area (Å²) in [4.78, 5) is 12.8. The summed E-state index contributed by atoms with van der Waals surface area (Å²) >= 11 is 0. The standard InChI is InChI=1S/C14H18F2N2O2/c15-14(16)10-18(7-6-12(14)8-17)13(19)20-9-11-4-2-1-3-5-11/h1-5,12H,6-10,17H2. The minimum absolute atomic E-state index is 0.0695. The minimum Gasteiger partial charge on any atom is -0.445 e. The molecule has 0 aromatic heterocycles. The average molecular weight is 284 g/mol. The van der Waals surface area contributed by atoms with Crippen molar-refractivity contribution in [3.05, 3.63) is 35.9 Å². The number of piperidine rings is 1. The van der Waals surface area contributed by atoms with E-state index in [0.717, 1.165) is 10.5 Å². The zero-order valence-electron chi connectivity index (χ0n) is 11.1. The smallest absolute Gasteiger partial charge is 0.410 e. The summed E-state index contributed by atoms with van der Waals surface area (Å²) in [6, 6.07) is 9.11. The molecule has 2 N–H and O–H groups in total. The molecule has 20 heavy (non-hydrogen) atoms. The summed E-state index contributed by atoms with van der Waals surface area (Å²) in [6.07, 6.45) is -0.506. The van der Waals surface area contributed by atoms with Crippen LogP contribution in [0.4, 0.5) is 13.6 Å². The summed E-state index contributed by atoms with van der Waals surface area (Å²) in [7, 11) is 0. The molecule has 0 aliphatic carbocycles. The van der Waals surface area contributed by atoms with Crippen molar-refractivity contribution in [2.24, 2.45) is 11.7 Å². The normalized spacial score (nSPS) is 21.6. The number of nitrogens with two attached hydrogens (primary N) is 1. The molecule has 2 rings (SSSR count). The van der Waals surface area contributed by atoms with E-state index < -0.39 is 24.5 Å². The average Bonchev–Trinajstić information content (AvgIpc) is 2.44. The molecule has 0 spiro atoms. The predicted molar refractivity (Wildman–Crippen MR) is 70.3 cm³/mol. The van der Waals surface area contributed by atoms with Gasteiger partial charge in [0.25, 0.3) is 5.92 Å². The molecule has 0 bridgehead atoms. The molecule has 1 heterocycles. The number of ether oxygens (including phenoxy) is 1. The molecule has 1 saturated heterocycles. The number of nitrogens with zero attached hydrogens (tertiary/aromatic N) is 1. The van der Waals surface area contributed by atoms with Crippen LogP contribution in [0.1, 0.15) is 12.0 Å². The van der Waals surface area contributed by atoms with Gasteiger partial charge >= 0.3 is 6.09 Å². The number of likely N-dealkylation sites (tertiary alicyclic amines) is 1. The zero-order valence-corrected chi connectivity index (χ0v) is 11.1. The number of amides is 1. The van der Waals surface area contributed by atoms with Crippen molar-refractivity contribution in [1.29, 1.82) is 0 Å². The Morgan fingerprint density at radius 3 is 2.70 bits per heavy atom. The molecule has 0 saturated carbocycles. The number of alkyl halides is 2. The van der Waals surface area contributed by atoms with Gasteiger partial charge in [-0.3, -0.25) is 0 Å². The lowest BCUT2D eigenvalue weighted by Gasteiger charge is -2.37. The first-order valence-electron chi connectivity index (χ1n) is 6.56. The number of benzene rings is 1. The Morgan fingerprint density at radius 2 is 2.10 bits per heavy atom. The van der Waals surface area contributed by atoms with Crippen LogP contribution >= 0.6 is 0 Å². The summed E-state index contributed by atoms with van der Waals surface area (Å²) < 4.78 is 32.5. The van der Waals surface area contributed by atoms with E-state index in [4.69, 9.17) is 10.5 Å². The number of halogens is 2. The largest absolute Gasteiger partial charge is 0.445 e. The molecule has 110 valence electrons. The third kappa shape index (κ3) is 3.45. The fourth-order valence-electron chi connectivity index (χ4n) is 2.24. The first-order chi connectivity index (χ1) is 9.53. The molecule has 1 amide bonds. The van der Waals surface area contributed by atoms with Gasteiger partial charge in [0, 0.05) is 19.0 Å². The first kappa shape index (κ1) is 14.7. The highest BCUT2D eigenvalue weighted by Crippen LogP contribution is 2.32. The van der Waals surface area contributed by atoms with E-state index in [1.807, 2.05) is 30.3 Å². The van der Waals surface area contributed by atoms with Crippen molar-refractivity contribution in [1.82, 2.24) is 4.90 Å². The number of carbonyl (C=O) groups is 1. The third-order valence-corrected chi connectivity index (χ3v) is 3.49. The van der Waals surface area contributed by atoms with Gasteiger partial charge in [-0.15, -0.1) is 0 Å². The molecule has 6 heteroatoms. The number of hydrogen-bond acceptors (Lipinski definition) is 3. The lowest BCUT2D eigenvalue weighted by Crippen LogP contribution is -2.52. The van der Waals surface area contributed by atoms with Gasteiger partial charge in [0.15, 0.2) is 0 Å². The topological polar surface area (TPSA) is 55.6 Å². The number of rotatable bonds is 3. The molecule has 4 nitrogen and oxygen atoms in total. The van der Waals surface area contributed by atoms with Crippen LogP contribution in [0.5, 0.6) is 0 Å². The molecule has 1 aromatic rings. The van der Waals surface area contributed by atoms with E-state index in [0.29, 0.717) is 0 Å². The van der Waals surface area contributed by atoms with Crippen molar-refractivity contribution in [2.75, 3.05) is 19.6 Å². The van der Waals surface area contributed by atoms with Crippen LogP contribution in [-0.2, 0) is 11.3 Å². The molecule has 1 aliphatic heterocycles. The second-order valence-electron chi connectivity index (χ2n) is 4.94. The fraction of sp³-hybridized carbons (Fsp3) is 0.500. The van der Waals surface area contributed by atoms with E-state index in [-0.39, 0.29) is 26.1 Å². The van der Waals surface area contributed by atoms with Gasteiger partial charge in [-0.1, -0.05) is 30.3 Å². The van der Waals surface area contributed by atoms with Gasteiger partial charge in [0.2, 0.25) is 0 Å². The minimum atomic E-state index is -2.95. The highest BCUT2D eigenvalue weighted by Gasteiger charge is 2.45. The number of carbonyl (C=O) groups excluding carboxylic acids is 1. The summed E-state index contributed by atoms with van der Waals surface area (Å²) in [5.74, 6) is -3.81. The van der Waals surface area contributed by atoms with Crippen LogP contribution in [0.25, 0.3) is 0 Å². The maximum absolute atomic E-state index is 13.7. The number of hydrogen-bond donors (Lipinski definition) is 1. The zero-order chi connectivity index (χ0) is 14.6. The Bertz CT molecular complexity index is 454. The summed E-state index contributed by atoms with van der Waals surface area (Å²) in [5.41, 5.74) is 6.14. The highest BCUT2D eigenvalue weighted by atomic mass is 19.3. The fourth-order valence-corrected chi connectivity index (χ4v) is 2.24. The van der Waals surface area contributed by atoms with Gasteiger partial charge in [-0.05, 0) is 12.0 Å². The van der Waals surface area contributed by atoms with Crippen molar-refractivity contribution < 1.29 is 18.3 Å². The maximum atomic E-state index is 13.7. The van der Waals surface area contributed by atoms with Crippen LogP contribution < -0.4 is 5.73 Å². The molecule has 0 radical (unpaired) electrons. The summed E-state index contributed by atoms with van der Waals surface area (Å²) in [5, 5.41) is 0. The monoisotopic (exact) mass is 284 g/mol. The van der Waals surface area contributed by atoms with Crippen LogP contribution in [0.3, 0.4) is 0 Å². The Hall–Kier alpha value is -1.69. The van der Waals surface area contributed by atoms with Gasteiger partial charge in [0.1, 0.15) is 6.61 Å². The highest BCUT2D eigenvalue weighted by molar-refractivity contribution is 5.67. The molecule has 1 unspecified atom stereocenters. The molecule has 1 atom stereocenters. The van der Waals surface area contributed by atoms with Crippen LogP contribution in [0.15, 0.2) is 30.3 Å². The predicted octanol–water partition coefficient (Wildman–Crippen LogP) is 2.24. The van der Waals surface area contributed by atoms with Crippen LogP contribution in [-0.4, -0.2) is 36.5 Å². The van der Waals surface area contributed by atoms with Gasteiger partial charge in [-0.2, -0.15) is 0 Å². The Kier molecular flexibility index (Phi) is 4.54. The van der Waals surface area contributed by atoms with Gasteiger partial charge in [-0.25, -0.2) is 13.6 Å².